The molecule has 27 heavy (non-hydrogen) atoms. The largest absolute Gasteiger partial charge is 0.497 e. The van der Waals surface area contributed by atoms with E-state index in [1.165, 1.54) is 7.11 Å². The number of nitrogens with one attached hydrogen (secondary N) is 1. The van der Waals surface area contributed by atoms with Crippen LogP contribution in [-0.2, 0) is 0 Å². The maximum atomic E-state index is 14.5. The Morgan fingerprint density at radius 3 is 2.56 bits per heavy atom. The Bertz CT molecular complexity index is 863. The molecule has 1 amide bonds. The van der Waals surface area contributed by atoms with Crippen LogP contribution >= 0.6 is 0 Å². The molecule has 2 aromatic rings. The second kappa shape index (κ2) is 6.93. The lowest BCUT2D eigenvalue weighted by Crippen LogP contribution is -2.36. The summed E-state index contributed by atoms with van der Waals surface area (Å²) >= 11 is 0. The summed E-state index contributed by atoms with van der Waals surface area (Å²) < 4.78 is 33.9. The molecule has 0 bridgehead atoms. The van der Waals surface area contributed by atoms with Crippen LogP contribution in [0.1, 0.15) is 27.5 Å². The van der Waals surface area contributed by atoms with E-state index in [2.05, 4.69) is 5.32 Å². The maximum absolute atomic E-state index is 14.5. The van der Waals surface area contributed by atoms with Crippen molar-refractivity contribution in [3.05, 3.63) is 64.7 Å². The molecule has 2 saturated heterocycles. The summed E-state index contributed by atoms with van der Waals surface area (Å²) in [5.74, 6) is -1.82. The van der Waals surface area contributed by atoms with Gasteiger partial charge in [-0.1, -0.05) is 24.3 Å². The van der Waals surface area contributed by atoms with Crippen molar-refractivity contribution in [1.82, 2.24) is 10.2 Å². The van der Waals surface area contributed by atoms with Gasteiger partial charge in [0.25, 0.3) is 5.91 Å². The Kier molecular flexibility index (Phi) is 4.60. The molecule has 2 aliphatic heterocycles. The summed E-state index contributed by atoms with van der Waals surface area (Å²) in [6.45, 7) is 4.09. The number of fused-ring (bicyclic) bond motifs is 1. The van der Waals surface area contributed by atoms with Crippen molar-refractivity contribution in [2.24, 2.45) is 11.8 Å². The van der Waals surface area contributed by atoms with Gasteiger partial charge >= 0.3 is 0 Å². The maximum Gasteiger partial charge on any atom is 0.260 e. The van der Waals surface area contributed by atoms with Crippen molar-refractivity contribution < 1.29 is 18.3 Å². The predicted octanol–water partition coefficient (Wildman–Crippen LogP) is 3.31. The molecular formula is C21H22F2N2O2. The van der Waals surface area contributed by atoms with Gasteiger partial charge in [0, 0.05) is 37.7 Å². The van der Waals surface area contributed by atoms with Crippen LogP contribution in [0.3, 0.4) is 0 Å². The normalized spacial score (nSPS) is 24.1. The van der Waals surface area contributed by atoms with Gasteiger partial charge in [-0.05, 0) is 24.0 Å². The molecule has 2 aliphatic rings. The van der Waals surface area contributed by atoms with Crippen LogP contribution in [0.15, 0.2) is 36.4 Å². The molecule has 2 heterocycles. The van der Waals surface area contributed by atoms with Gasteiger partial charge in [-0.2, -0.15) is 0 Å². The van der Waals surface area contributed by atoms with Crippen LogP contribution in [0.5, 0.6) is 5.75 Å². The number of rotatable bonds is 3. The highest BCUT2D eigenvalue weighted by molar-refractivity contribution is 5.95. The monoisotopic (exact) mass is 372 g/mol. The Labute approximate surface area is 157 Å². The van der Waals surface area contributed by atoms with Crippen LogP contribution < -0.4 is 10.1 Å². The highest BCUT2D eigenvalue weighted by Crippen LogP contribution is 2.44. The van der Waals surface area contributed by atoms with E-state index in [0.717, 1.165) is 36.3 Å². The summed E-state index contributed by atoms with van der Waals surface area (Å²) in [6, 6.07) is 9.81. The van der Waals surface area contributed by atoms with Gasteiger partial charge in [0.15, 0.2) is 0 Å². The minimum Gasteiger partial charge on any atom is -0.497 e. The third-order valence-corrected chi connectivity index (χ3v) is 5.80. The van der Waals surface area contributed by atoms with Gasteiger partial charge < -0.3 is 15.0 Å². The fourth-order valence-corrected chi connectivity index (χ4v) is 4.46. The number of carbonyl (C=O) groups is 1. The molecule has 6 heteroatoms. The van der Waals surface area contributed by atoms with Crippen LogP contribution in [0.4, 0.5) is 8.78 Å². The molecule has 4 nitrogen and oxygen atoms in total. The minimum absolute atomic E-state index is 0.0551. The molecule has 1 N–H and O–H groups in total. The van der Waals surface area contributed by atoms with Crippen LogP contribution in [0, 0.1) is 30.4 Å². The van der Waals surface area contributed by atoms with Gasteiger partial charge in [-0.3, -0.25) is 4.79 Å². The van der Waals surface area contributed by atoms with E-state index in [1.807, 2.05) is 31.2 Å². The number of benzene rings is 2. The van der Waals surface area contributed by atoms with Crippen molar-refractivity contribution in [1.29, 1.82) is 0 Å². The average molecular weight is 372 g/mol. The van der Waals surface area contributed by atoms with E-state index in [1.54, 1.807) is 4.90 Å². The zero-order valence-electron chi connectivity index (χ0n) is 15.3. The van der Waals surface area contributed by atoms with E-state index in [4.69, 9.17) is 4.74 Å². The number of likely N-dealkylation sites (tertiary alicyclic amines) is 1. The van der Waals surface area contributed by atoms with Crippen molar-refractivity contribution in [3.63, 3.8) is 0 Å². The molecule has 0 radical (unpaired) electrons. The first kappa shape index (κ1) is 17.9. The minimum atomic E-state index is -0.893. The highest BCUT2D eigenvalue weighted by Gasteiger charge is 2.48. The van der Waals surface area contributed by atoms with Gasteiger partial charge in [-0.15, -0.1) is 0 Å². The van der Waals surface area contributed by atoms with Crippen molar-refractivity contribution >= 4 is 5.91 Å². The Balaban J connectivity index is 1.76. The second-order valence-electron chi connectivity index (χ2n) is 7.31. The Hall–Kier alpha value is -2.47. The average Bonchev–Trinajstić information content (AvgIpc) is 3.22. The van der Waals surface area contributed by atoms with Gasteiger partial charge in [0.05, 0.1) is 13.2 Å². The van der Waals surface area contributed by atoms with Crippen molar-refractivity contribution in [2.75, 3.05) is 26.7 Å². The highest BCUT2D eigenvalue weighted by atomic mass is 19.1. The molecule has 3 atom stereocenters. The number of carbonyl (C=O) groups excluding carboxylic acids is 1. The Morgan fingerprint density at radius 2 is 1.89 bits per heavy atom. The van der Waals surface area contributed by atoms with E-state index in [0.29, 0.717) is 6.54 Å². The molecule has 0 spiro atoms. The lowest BCUT2D eigenvalue weighted by atomic mass is 9.87. The zero-order chi connectivity index (χ0) is 19.1. The first-order valence-electron chi connectivity index (χ1n) is 9.11. The molecule has 0 unspecified atom stereocenters. The number of halogens is 2. The zero-order valence-corrected chi connectivity index (χ0v) is 15.3. The number of methoxy groups -OCH3 is 1. The molecule has 0 aliphatic carbocycles. The van der Waals surface area contributed by atoms with Crippen molar-refractivity contribution in [2.45, 2.75) is 13.0 Å². The summed E-state index contributed by atoms with van der Waals surface area (Å²) in [7, 11) is 1.33. The van der Waals surface area contributed by atoms with Crippen molar-refractivity contribution in [3.8, 4) is 5.75 Å². The van der Waals surface area contributed by atoms with Crippen LogP contribution in [0.2, 0.25) is 0 Å². The smallest absolute Gasteiger partial charge is 0.260 e. The Morgan fingerprint density at radius 1 is 1.19 bits per heavy atom. The molecule has 2 aromatic carbocycles. The second-order valence-corrected chi connectivity index (χ2v) is 7.31. The lowest BCUT2D eigenvalue weighted by molar-refractivity contribution is 0.0703. The molecule has 0 saturated carbocycles. The third-order valence-electron chi connectivity index (χ3n) is 5.80. The SMILES string of the molecule is COc1cc(F)c(C(=O)N2C[C@@H]3CNC[C@@H]3[C@@H]2c2ccccc2C)c(F)c1. The molecular weight excluding hydrogens is 350 g/mol. The van der Waals surface area contributed by atoms with E-state index >= 15 is 0 Å². The first-order valence-corrected chi connectivity index (χ1v) is 9.11. The number of hydrogen-bond donors (Lipinski definition) is 1. The fraction of sp³-hybridized carbons (Fsp3) is 0.381. The van der Waals surface area contributed by atoms with Crippen LogP contribution in [-0.4, -0.2) is 37.6 Å². The number of ether oxygens (including phenoxy) is 1. The summed E-state index contributed by atoms with van der Waals surface area (Å²) in [4.78, 5) is 14.8. The third kappa shape index (κ3) is 2.98. The number of hydrogen-bond acceptors (Lipinski definition) is 3. The van der Waals surface area contributed by atoms with Gasteiger partial charge in [0.1, 0.15) is 22.9 Å². The first-order chi connectivity index (χ1) is 13.0. The summed E-state index contributed by atoms with van der Waals surface area (Å²) in [6.07, 6.45) is 0. The lowest BCUT2D eigenvalue weighted by Gasteiger charge is -2.30. The van der Waals surface area contributed by atoms with E-state index < -0.39 is 23.1 Å². The summed E-state index contributed by atoms with van der Waals surface area (Å²) in [5, 5.41) is 3.38. The van der Waals surface area contributed by atoms with Gasteiger partial charge in [-0.25, -0.2) is 8.78 Å². The van der Waals surface area contributed by atoms with E-state index in [-0.39, 0.29) is 23.6 Å². The molecule has 4 rings (SSSR count). The molecule has 142 valence electrons. The predicted molar refractivity (Wildman–Crippen MR) is 97.7 cm³/mol. The summed E-state index contributed by atoms with van der Waals surface area (Å²) in [5.41, 5.74) is 1.60. The quantitative estimate of drug-likeness (QED) is 0.899. The van der Waals surface area contributed by atoms with Crippen LogP contribution in [0.25, 0.3) is 0 Å². The number of nitrogens with zero attached hydrogens (tertiary/aromatic N) is 1. The number of aryl methyl sites for hydroxylation is 1. The van der Waals surface area contributed by atoms with E-state index in [9.17, 15) is 13.6 Å². The molecule has 2 fully saturated rings. The van der Waals surface area contributed by atoms with Gasteiger partial charge in [0.2, 0.25) is 0 Å². The standard InChI is InChI=1S/C21H22F2N2O2/c1-12-5-3-4-6-15(12)20-16-10-24-9-13(16)11-25(20)21(26)19-17(22)7-14(27-2)8-18(19)23/h3-8,13,16,20,24H,9-11H2,1-2H3/t13-,16-,20-/m0/s1. The molecule has 0 aromatic heterocycles. The topological polar surface area (TPSA) is 41.6 Å². The fourth-order valence-electron chi connectivity index (χ4n) is 4.46. The number of amides is 1.